The quantitative estimate of drug-likeness (QED) is 0.480. The summed E-state index contributed by atoms with van der Waals surface area (Å²) >= 11 is 0. The molecule has 3 rings (SSSR count). The molecular formula is C21H24N2O7. The largest absolute Gasteiger partial charge is 0.497 e. The topological polar surface area (TPSA) is 100 Å². The van der Waals surface area contributed by atoms with Gasteiger partial charge in [-0.15, -0.1) is 0 Å². The average Bonchev–Trinajstić information content (AvgIpc) is 3.26. The number of benzene rings is 2. The first-order chi connectivity index (χ1) is 14.5. The van der Waals surface area contributed by atoms with Crippen molar-refractivity contribution in [3.05, 3.63) is 52.1 Å². The van der Waals surface area contributed by atoms with Gasteiger partial charge >= 0.3 is 5.69 Å². The summed E-state index contributed by atoms with van der Waals surface area (Å²) in [6.07, 6.45) is 1.61. The molecule has 30 heavy (non-hydrogen) atoms. The lowest BCUT2D eigenvalue weighted by atomic mass is 10.0. The molecule has 0 unspecified atom stereocenters. The molecule has 0 bridgehead atoms. The van der Waals surface area contributed by atoms with Crippen LogP contribution in [0.25, 0.3) is 0 Å². The Labute approximate surface area is 174 Å². The number of methoxy groups -OCH3 is 3. The molecule has 1 atom stereocenters. The maximum Gasteiger partial charge on any atom is 0.314 e. The molecule has 1 fully saturated rings. The van der Waals surface area contributed by atoms with Gasteiger partial charge in [-0.2, -0.15) is 0 Å². The Morgan fingerprint density at radius 3 is 2.37 bits per heavy atom. The fraction of sp³-hybridized carbons (Fsp3) is 0.381. The summed E-state index contributed by atoms with van der Waals surface area (Å²) in [7, 11) is 4.58. The summed E-state index contributed by atoms with van der Waals surface area (Å²) in [6.45, 7) is 0.258. The van der Waals surface area contributed by atoms with Crippen molar-refractivity contribution in [3.63, 3.8) is 0 Å². The smallest absolute Gasteiger partial charge is 0.314 e. The third-order valence-electron chi connectivity index (χ3n) is 5.08. The molecule has 0 N–H and O–H groups in total. The first-order valence-corrected chi connectivity index (χ1v) is 9.45. The highest BCUT2D eigenvalue weighted by molar-refractivity contribution is 5.79. The summed E-state index contributed by atoms with van der Waals surface area (Å²) in [5.74, 6) is 1.45. The lowest BCUT2D eigenvalue weighted by Gasteiger charge is -2.26. The molecule has 0 spiro atoms. The fourth-order valence-electron chi connectivity index (χ4n) is 3.60. The van der Waals surface area contributed by atoms with Crippen LogP contribution in [-0.2, 0) is 4.79 Å². The van der Waals surface area contributed by atoms with Crippen LogP contribution in [0.5, 0.6) is 23.0 Å². The Balaban J connectivity index is 1.77. The highest BCUT2D eigenvalue weighted by Gasteiger charge is 2.32. The third kappa shape index (κ3) is 4.40. The molecule has 160 valence electrons. The van der Waals surface area contributed by atoms with Crippen molar-refractivity contribution in [1.82, 2.24) is 4.90 Å². The molecule has 9 nitrogen and oxygen atoms in total. The van der Waals surface area contributed by atoms with Crippen LogP contribution < -0.4 is 18.9 Å². The SMILES string of the molecule is COc1ccc(OC)c([C@@H]2CCCN2C(=O)COc2ccc(OC)cc2[N+](=O)[O-])c1. The van der Waals surface area contributed by atoms with E-state index in [1.165, 1.54) is 19.2 Å². The standard InChI is InChI=1S/C21H24N2O7/c1-27-14-6-8-19(29-3)16(11-14)17-5-4-10-22(17)21(24)13-30-20-9-7-15(28-2)12-18(20)23(25)26/h6-9,11-12,17H,4-5,10,13H2,1-3H3/t17-/m0/s1. The third-order valence-corrected chi connectivity index (χ3v) is 5.08. The number of nitrogens with zero attached hydrogens (tertiary/aromatic N) is 2. The number of carbonyl (C=O) groups is 1. The van der Waals surface area contributed by atoms with E-state index in [1.807, 2.05) is 12.1 Å². The number of nitro groups is 1. The number of rotatable bonds is 8. The summed E-state index contributed by atoms with van der Waals surface area (Å²) in [6, 6.07) is 9.53. The first kappa shape index (κ1) is 21.2. The van der Waals surface area contributed by atoms with Gasteiger partial charge in [0.15, 0.2) is 12.4 Å². The van der Waals surface area contributed by atoms with Crippen molar-refractivity contribution in [2.24, 2.45) is 0 Å². The predicted molar refractivity (Wildman–Crippen MR) is 108 cm³/mol. The highest BCUT2D eigenvalue weighted by atomic mass is 16.6. The Morgan fingerprint density at radius 1 is 1.07 bits per heavy atom. The number of nitro benzene ring substituents is 1. The molecule has 2 aromatic carbocycles. The lowest BCUT2D eigenvalue weighted by Crippen LogP contribution is -2.34. The van der Waals surface area contributed by atoms with Gasteiger partial charge < -0.3 is 23.8 Å². The first-order valence-electron chi connectivity index (χ1n) is 9.45. The van der Waals surface area contributed by atoms with E-state index in [2.05, 4.69) is 0 Å². The zero-order valence-electron chi connectivity index (χ0n) is 17.1. The van der Waals surface area contributed by atoms with Gasteiger partial charge in [-0.25, -0.2) is 0 Å². The van der Waals surface area contributed by atoms with Gasteiger partial charge in [0.1, 0.15) is 17.2 Å². The van der Waals surface area contributed by atoms with Gasteiger partial charge in [0.25, 0.3) is 5.91 Å². The summed E-state index contributed by atoms with van der Waals surface area (Å²) < 4.78 is 21.3. The number of hydrogen-bond donors (Lipinski definition) is 0. The van der Waals surface area contributed by atoms with E-state index in [0.29, 0.717) is 23.8 Å². The van der Waals surface area contributed by atoms with Crippen LogP contribution in [0, 0.1) is 10.1 Å². The summed E-state index contributed by atoms with van der Waals surface area (Å²) in [5.41, 5.74) is 0.604. The number of amides is 1. The highest BCUT2D eigenvalue weighted by Crippen LogP contribution is 2.39. The second kappa shape index (κ2) is 9.34. The van der Waals surface area contributed by atoms with Crippen LogP contribution in [0.1, 0.15) is 24.4 Å². The zero-order valence-corrected chi connectivity index (χ0v) is 17.1. The molecule has 1 amide bonds. The molecule has 0 saturated carbocycles. The molecule has 9 heteroatoms. The minimum Gasteiger partial charge on any atom is -0.497 e. The van der Waals surface area contributed by atoms with Crippen molar-refractivity contribution < 1.29 is 28.7 Å². The second-order valence-electron chi connectivity index (χ2n) is 6.73. The van der Waals surface area contributed by atoms with E-state index in [1.54, 1.807) is 31.3 Å². The average molecular weight is 416 g/mol. The van der Waals surface area contributed by atoms with Crippen LogP contribution in [0.4, 0.5) is 5.69 Å². The Morgan fingerprint density at radius 2 is 1.73 bits per heavy atom. The Hall–Kier alpha value is -3.49. The monoisotopic (exact) mass is 416 g/mol. The fourth-order valence-corrected chi connectivity index (χ4v) is 3.60. The molecular weight excluding hydrogens is 392 g/mol. The molecule has 0 radical (unpaired) electrons. The molecule has 1 saturated heterocycles. The van der Waals surface area contributed by atoms with Crippen molar-refractivity contribution >= 4 is 11.6 Å². The van der Waals surface area contributed by atoms with Crippen LogP contribution in [0.15, 0.2) is 36.4 Å². The van der Waals surface area contributed by atoms with Gasteiger partial charge in [-0.05, 0) is 43.2 Å². The molecule has 1 aliphatic heterocycles. The Bertz CT molecular complexity index is 932. The predicted octanol–water partition coefficient (Wildman–Crippen LogP) is 3.36. The second-order valence-corrected chi connectivity index (χ2v) is 6.73. The molecule has 1 heterocycles. The van der Waals surface area contributed by atoms with Gasteiger partial charge in [-0.3, -0.25) is 14.9 Å². The Kier molecular flexibility index (Phi) is 6.61. The maximum absolute atomic E-state index is 12.9. The lowest BCUT2D eigenvalue weighted by molar-refractivity contribution is -0.385. The van der Waals surface area contributed by atoms with Crippen LogP contribution in [0.2, 0.25) is 0 Å². The van der Waals surface area contributed by atoms with Crippen molar-refractivity contribution in [1.29, 1.82) is 0 Å². The van der Waals surface area contributed by atoms with E-state index in [4.69, 9.17) is 18.9 Å². The van der Waals surface area contributed by atoms with E-state index in [-0.39, 0.29) is 30.0 Å². The van der Waals surface area contributed by atoms with Crippen LogP contribution in [0.3, 0.4) is 0 Å². The summed E-state index contributed by atoms with van der Waals surface area (Å²) in [4.78, 5) is 25.4. The van der Waals surface area contributed by atoms with E-state index < -0.39 is 4.92 Å². The van der Waals surface area contributed by atoms with E-state index in [0.717, 1.165) is 18.4 Å². The normalized spacial score (nSPS) is 15.6. The molecule has 2 aromatic rings. The van der Waals surface area contributed by atoms with Gasteiger partial charge in [0.05, 0.1) is 38.4 Å². The van der Waals surface area contributed by atoms with E-state index in [9.17, 15) is 14.9 Å². The number of ether oxygens (including phenoxy) is 4. The van der Waals surface area contributed by atoms with Crippen LogP contribution >= 0.6 is 0 Å². The zero-order chi connectivity index (χ0) is 21.7. The van der Waals surface area contributed by atoms with Crippen LogP contribution in [-0.4, -0.2) is 50.2 Å². The van der Waals surface area contributed by atoms with Gasteiger partial charge in [-0.1, -0.05) is 0 Å². The summed E-state index contributed by atoms with van der Waals surface area (Å²) in [5, 5.41) is 11.3. The van der Waals surface area contributed by atoms with Crippen molar-refractivity contribution in [2.45, 2.75) is 18.9 Å². The van der Waals surface area contributed by atoms with E-state index >= 15 is 0 Å². The van der Waals surface area contributed by atoms with Crippen molar-refractivity contribution in [3.8, 4) is 23.0 Å². The number of likely N-dealkylation sites (tertiary alicyclic amines) is 1. The molecule has 0 aliphatic carbocycles. The minimum atomic E-state index is -0.567. The van der Waals surface area contributed by atoms with Crippen molar-refractivity contribution in [2.75, 3.05) is 34.5 Å². The molecule has 0 aromatic heterocycles. The molecule has 1 aliphatic rings. The van der Waals surface area contributed by atoms with Gasteiger partial charge in [0.2, 0.25) is 0 Å². The number of hydrogen-bond acceptors (Lipinski definition) is 7. The maximum atomic E-state index is 12.9. The van der Waals surface area contributed by atoms with Gasteiger partial charge in [0, 0.05) is 12.1 Å². The minimum absolute atomic E-state index is 0.0175. The number of carbonyl (C=O) groups excluding carboxylic acids is 1.